The summed E-state index contributed by atoms with van der Waals surface area (Å²) in [5.41, 5.74) is 0.125. The fraction of sp³-hybridized carbons (Fsp3) is 0.200. The first-order chi connectivity index (χ1) is 11.0. The first kappa shape index (κ1) is 17.2. The van der Waals surface area contributed by atoms with Gasteiger partial charge in [0.1, 0.15) is 5.76 Å². The molecule has 0 aliphatic carbocycles. The van der Waals surface area contributed by atoms with Crippen molar-refractivity contribution in [3.63, 3.8) is 0 Å². The second kappa shape index (κ2) is 7.89. The van der Waals surface area contributed by atoms with Crippen molar-refractivity contribution in [3.8, 4) is 5.75 Å². The van der Waals surface area contributed by atoms with Crippen LogP contribution in [0.2, 0.25) is 10.0 Å². The normalized spacial score (nSPS) is 10.2. The summed E-state index contributed by atoms with van der Waals surface area (Å²) in [6, 6.07) is 6.14. The Morgan fingerprint density at radius 3 is 2.52 bits per heavy atom. The van der Waals surface area contributed by atoms with Crippen LogP contribution >= 0.6 is 23.2 Å². The van der Waals surface area contributed by atoms with Crippen molar-refractivity contribution in [1.82, 2.24) is 5.32 Å². The van der Waals surface area contributed by atoms with Gasteiger partial charge in [0, 0.05) is 0 Å². The van der Waals surface area contributed by atoms with Crippen LogP contribution in [-0.4, -0.2) is 25.6 Å². The second-order valence-electron chi connectivity index (χ2n) is 4.41. The lowest BCUT2D eigenvalue weighted by atomic mass is 10.2. The van der Waals surface area contributed by atoms with E-state index in [1.165, 1.54) is 25.5 Å². The smallest absolute Gasteiger partial charge is 0.338 e. The van der Waals surface area contributed by atoms with E-state index in [2.05, 4.69) is 5.32 Å². The summed E-state index contributed by atoms with van der Waals surface area (Å²) < 4.78 is 15.0. The number of nitrogens with one attached hydrogen (secondary N) is 1. The second-order valence-corrected chi connectivity index (χ2v) is 5.22. The lowest BCUT2D eigenvalue weighted by molar-refractivity contribution is -0.124. The van der Waals surface area contributed by atoms with Crippen molar-refractivity contribution in [3.05, 3.63) is 51.9 Å². The number of amides is 1. The maximum Gasteiger partial charge on any atom is 0.338 e. The number of hydrogen-bond acceptors (Lipinski definition) is 5. The molecule has 0 unspecified atom stereocenters. The van der Waals surface area contributed by atoms with Crippen molar-refractivity contribution >= 4 is 35.1 Å². The predicted molar refractivity (Wildman–Crippen MR) is 83.9 cm³/mol. The van der Waals surface area contributed by atoms with E-state index in [0.29, 0.717) is 5.76 Å². The van der Waals surface area contributed by atoms with Gasteiger partial charge in [-0.1, -0.05) is 23.2 Å². The third-order valence-corrected chi connectivity index (χ3v) is 3.37. The van der Waals surface area contributed by atoms with E-state index in [9.17, 15) is 9.59 Å². The third kappa shape index (κ3) is 4.64. The summed E-state index contributed by atoms with van der Waals surface area (Å²) >= 11 is 11.9. The molecule has 0 aliphatic heterocycles. The lowest BCUT2D eigenvalue weighted by Crippen LogP contribution is -2.28. The van der Waals surface area contributed by atoms with Crippen LogP contribution in [0.4, 0.5) is 0 Å². The number of benzene rings is 1. The Morgan fingerprint density at radius 1 is 1.26 bits per heavy atom. The fourth-order valence-corrected chi connectivity index (χ4v) is 2.38. The Hall–Kier alpha value is -2.18. The number of esters is 1. The fourth-order valence-electron chi connectivity index (χ4n) is 1.74. The maximum atomic E-state index is 11.9. The molecule has 6 nitrogen and oxygen atoms in total. The Morgan fingerprint density at radius 2 is 1.96 bits per heavy atom. The van der Waals surface area contributed by atoms with Crippen LogP contribution in [0, 0.1) is 0 Å². The quantitative estimate of drug-likeness (QED) is 0.803. The van der Waals surface area contributed by atoms with Crippen molar-refractivity contribution < 1.29 is 23.5 Å². The number of furan rings is 1. The minimum atomic E-state index is -0.718. The number of rotatable bonds is 6. The number of hydrogen-bond donors (Lipinski definition) is 1. The topological polar surface area (TPSA) is 77.8 Å². The zero-order chi connectivity index (χ0) is 16.8. The van der Waals surface area contributed by atoms with Gasteiger partial charge in [0.15, 0.2) is 12.4 Å². The van der Waals surface area contributed by atoms with E-state index in [0.717, 1.165) is 0 Å². The van der Waals surface area contributed by atoms with Crippen LogP contribution in [0.3, 0.4) is 0 Å². The molecule has 1 N–H and O–H groups in total. The summed E-state index contributed by atoms with van der Waals surface area (Å²) in [7, 11) is 1.41. The summed E-state index contributed by atoms with van der Waals surface area (Å²) in [5, 5.41) is 2.90. The average Bonchev–Trinajstić information content (AvgIpc) is 3.03. The Balaban J connectivity index is 1.88. The van der Waals surface area contributed by atoms with Crippen LogP contribution < -0.4 is 10.1 Å². The van der Waals surface area contributed by atoms with Crippen molar-refractivity contribution in [2.45, 2.75) is 6.54 Å². The largest absolute Gasteiger partial charge is 0.494 e. The van der Waals surface area contributed by atoms with Crippen molar-refractivity contribution in [2.75, 3.05) is 13.7 Å². The van der Waals surface area contributed by atoms with Gasteiger partial charge in [-0.2, -0.15) is 0 Å². The van der Waals surface area contributed by atoms with Crippen molar-refractivity contribution in [2.24, 2.45) is 0 Å². The van der Waals surface area contributed by atoms with E-state index in [1.807, 2.05) is 0 Å². The Bertz CT molecular complexity index is 677. The van der Waals surface area contributed by atoms with Crippen LogP contribution in [0.1, 0.15) is 16.1 Å². The molecule has 122 valence electrons. The molecule has 0 atom stereocenters. The van der Waals surface area contributed by atoms with E-state index >= 15 is 0 Å². The minimum absolute atomic E-state index is 0.125. The standard InChI is InChI=1S/C15H13Cl2NO5/c1-21-14-11(16)5-9(6-12(14)17)15(20)23-8-13(19)18-7-10-3-2-4-22-10/h2-6H,7-8H2,1H3,(H,18,19). The minimum Gasteiger partial charge on any atom is -0.494 e. The van der Waals surface area contributed by atoms with Gasteiger partial charge in [0.25, 0.3) is 5.91 Å². The summed E-state index contributed by atoms with van der Waals surface area (Å²) in [4.78, 5) is 23.5. The van der Waals surface area contributed by atoms with Gasteiger partial charge in [0.2, 0.25) is 0 Å². The molecular formula is C15H13Cl2NO5. The van der Waals surface area contributed by atoms with E-state index in [-0.39, 0.29) is 27.9 Å². The molecule has 8 heteroatoms. The highest BCUT2D eigenvalue weighted by molar-refractivity contribution is 6.37. The maximum absolute atomic E-state index is 11.9. The summed E-state index contributed by atoms with van der Waals surface area (Å²) in [5.74, 6) is -0.315. The van der Waals surface area contributed by atoms with Gasteiger partial charge in [-0.05, 0) is 24.3 Å². The third-order valence-electron chi connectivity index (χ3n) is 2.81. The number of methoxy groups -OCH3 is 1. The Labute approximate surface area is 142 Å². The molecule has 2 rings (SSSR count). The highest BCUT2D eigenvalue weighted by Crippen LogP contribution is 2.33. The van der Waals surface area contributed by atoms with Crippen LogP contribution in [0.5, 0.6) is 5.75 Å². The molecule has 0 spiro atoms. The van der Waals surface area contributed by atoms with E-state index in [1.54, 1.807) is 12.1 Å². The molecule has 23 heavy (non-hydrogen) atoms. The zero-order valence-corrected chi connectivity index (χ0v) is 13.6. The number of halogens is 2. The average molecular weight is 358 g/mol. The van der Waals surface area contributed by atoms with E-state index < -0.39 is 18.5 Å². The number of carbonyl (C=O) groups is 2. The first-order valence-corrected chi connectivity index (χ1v) is 7.26. The molecule has 0 fully saturated rings. The molecular weight excluding hydrogens is 345 g/mol. The summed E-state index contributed by atoms with van der Waals surface area (Å²) in [6.45, 7) is -0.218. The molecule has 1 heterocycles. The Kier molecular flexibility index (Phi) is 5.90. The van der Waals surface area contributed by atoms with Crippen LogP contribution in [0.25, 0.3) is 0 Å². The van der Waals surface area contributed by atoms with Gasteiger partial charge < -0.3 is 19.2 Å². The highest BCUT2D eigenvalue weighted by atomic mass is 35.5. The molecule has 1 aromatic carbocycles. The predicted octanol–water partition coefficient (Wildman–Crippen LogP) is 3.07. The monoisotopic (exact) mass is 357 g/mol. The number of ether oxygens (including phenoxy) is 2. The summed E-state index contributed by atoms with van der Waals surface area (Å²) in [6.07, 6.45) is 1.50. The lowest BCUT2D eigenvalue weighted by Gasteiger charge is -2.09. The zero-order valence-electron chi connectivity index (χ0n) is 12.1. The SMILES string of the molecule is COc1c(Cl)cc(C(=O)OCC(=O)NCc2ccco2)cc1Cl. The molecule has 2 aromatic rings. The molecule has 1 aromatic heterocycles. The molecule has 0 saturated carbocycles. The van der Waals surface area contributed by atoms with Gasteiger partial charge in [-0.25, -0.2) is 4.79 Å². The van der Waals surface area contributed by atoms with Gasteiger partial charge >= 0.3 is 5.97 Å². The van der Waals surface area contributed by atoms with Crippen molar-refractivity contribution in [1.29, 1.82) is 0 Å². The molecule has 0 saturated heterocycles. The molecule has 1 amide bonds. The van der Waals surface area contributed by atoms with Gasteiger partial charge in [0.05, 0.1) is 35.5 Å². The van der Waals surface area contributed by atoms with Gasteiger partial charge in [-0.15, -0.1) is 0 Å². The highest BCUT2D eigenvalue weighted by Gasteiger charge is 2.15. The van der Waals surface area contributed by atoms with E-state index in [4.69, 9.17) is 37.1 Å². The van der Waals surface area contributed by atoms with Gasteiger partial charge in [-0.3, -0.25) is 4.79 Å². The number of carbonyl (C=O) groups excluding carboxylic acids is 2. The molecule has 0 aliphatic rings. The van der Waals surface area contributed by atoms with Crippen LogP contribution in [-0.2, 0) is 16.1 Å². The van der Waals surface area contributed by atoms with Crippen LogP contribution in [0.15, 0.2) is 34.9 Å². The molecule has 0 radical (unpaired) electrons. The molecule has 0 bridgehead atoms. The first-order valence-electron chi connectivity index (χ1n) is 6.50.